The molecule has 0 bridgehead atoms. The molecule has 0 atom stereocenters. The van der Waals surface area contributed by atoms with Crippen molar-refractivity contribution >= 4 is 21.6 Å². The van der Waals surface area contributed by atoms with Crippen molar-refractivity contribution in [3.63, 3.8) is 0 Å². The summed E-state index contributed by atoms with van der Waals surface area (Å²) in [5.74, 6) is -0.458. The molecule has 0 saturated heterocycles. The summed E-state index contributed by atoms with van der Waals surface area (Å²) >= 11 is 0. The molecule has 0 aliphatic heterocycles. The number of benzene rings is 1. The van der Waals surface area contributed by atoms with Crippen LogP contribution < -0.4 is 5.32 Å². The third-order valence-corrected chi connectivity index (χ3v) is 4.62. The fourth-order valence-corrected chi connectivity index (χ4v) is 2.85. The van der Waals surface area contributed by atoms with Crippen LogP contribution in [0.3, 0.4) is 0 Å². The fraction of sp³-hybridized carbons (Fsp3) is 0.533. The van der Waals surface area contributed by atoms with E-state index in [4.69, 9.17) is 0 Å². The van der Waals surface area contributed by atoms with Crippen LogP contribution in [0.2, 0.25) is 0 Å². The van der Waals surface area contributed by atoms with E-state index in [9.17, 15) is 26.4 Å². The zero-order valence-corrected chi connectivity index (χ0v) is 14.4. The molecule has 0 aromatic heterocycles. The van der Waals surface area contributed by atoms with Gasteiger partial charge in [0.15, 0.2) is 0 Å². The molecule has 0 fully saturated rings. The van der Waals surface area contributed by atoms with Crippen molar-refractivity contribution in [1.29, 1.82) is 0 Å². The number of nitrogens with one attached hydrogen (secondary N) is 1. The molecule has 1 aromatic carbocycles. The van der Waals surface area contributed by atoms with Crippen LogP contribution in [0.1, 0.15) is 31.7 Å². The molecular weight excluding hydrogens is 345 g/mol. The molecule has 1 N–H and O–H groups in total. The van der Waals surface area contributed by atoms with E-state index >= 15 is 0 Å². The van der Waals surface area contributed by atoms with E-state index in [2.05, 4.69) is 5.32 Å². The SMILES string of the molecule is CCCCN(CCC(=O)Nc1ccc(C(F)(F)F)cc1)S(C)(=O)=O. The zero-order valence-electron chi connectivity index (χ0n) is 13.6. The molecule has 0 spiro atoms. The minimum atomic E-state index is -4.43. The molecule has 1 rings (SSSR count). The largest absolute Gasteiger partial charge is 0.416 e. The van der Waals surface area contributed by atoms with E-state index in [-0.39, 0.29) is 18.7 Å². The van der Waals surface area contributed by atoms with E-state index in [1.165, 1.54) is 4.31 Å². The van der Waals surface area contributed by atoms with Gasteiger partial charge in [-0.3, -0.25) is 4.79 Å². The van der Waals surface area contributed by atoms with Gasteiger partial charge in [-0.05, 0) is 30.7 Å². The Balaban J connectivity index is 2.59. The molecule has 5 nitrogen and oxygen atoms in total. The smallest absolute Gasteiger partial charge is 0.326 e. The van der Waals surface area contributed by atoms with E-state index in [0.29, 0.717) is 13.0 Å². The third-order valence-electron chi connectivity index (χ3n) is 3.31. The Morgan fingerprint density at radius 2 is 1.75 bits per heavy atom. The van der Waals surface area contributed by atoms with Crippen LogP contribution >= 0.6 is 0 Å². The van der Waals surface area contributed by atoms with E-state index in [1.54, 1.807) is 0 Å². The summed E-state index contributed by atoms with van der Waals surface area (Å²) in [6.45, 7) is 2.30. The van der Waals surface area contributed by atoms with Gasteiger partial charge in [0.25, 0.3) is 0 Å². The molecule has 0 aliphatic rings. The van der Waals surface area contributed by atoms with Crippen molar-refractivity contribution < 1.29 is 26.4 Å². The summed E-state index contributed by atoms with van der Waals surface area (Å²) in [5, 5.41) is 2.46. The fourth-order valence-electron chi connectivity index (χ4n) is 1.97. The van der Waals surface area contributed by atoms with Crippen molar-refractivity contribution in [2.24, 2.45) is 0 Å². The summed E-state index contributed by atoms with van der Waals surface area (Å²) in [7, 11) is -3.40. The molecule has 0 heterocycles. The molecule has 1 amide bonds. The number of amides is 1. The van der Waals surface area contributed by atoms with E-state index < -0.39 is 27.7 Å². The van der Waals surface area contributed by atoms with Gasteiger partial charge in [-0.1, -0.05) is 13.3 Å². The molecule has 0 unspecified atom stereocenters. The number of carbonyl (C=O) groups is 1. The van der Waals surface area contributed by atoms with Crippen molar-refractivity contribution in [3.8, 4) is 0 Å². The third kappa shape index (κ3) is 6.88. The standard InChI is InChI=1S/C15H21F3N2O3S/c1-3-4-10-20(24(2,22)23)11-9-14(21)19-13-7-5-12(6-8-13)15(16,17)18/h5-8H,3-4,9-11H2,1-2H3,(H,19,21). The van der Waals surface area contributed by atoms with Gasteiger partial charge in [-0.15, -0.1) is 0 Å². The lowest BCUT2D eigenvalue weighted by Gasteiger charge is -2.19. The van der Waals surface area contributed by atoms with E-state index in [1.807, 2.05) is 6.92 Å². The summed E-state index contributed by atoms with van der Waals surface area (Å²) in [5.41, 5.74) is -0.573. The lowest BCUT2D eigenvalue weighted by molar-refractivity contribution is -0.137. The predicted molar refractivity (Wildman–Crippen MR) is 86.0 cm³/mol. The number of hydrogen-bond acceptors (Lipinski definition) is 3. The molecule has 24 heavy (non-hydrogen) atoms. The second kappa shape index (κ2) is 8.48. The van der Waals surface area contributed by atoms with Gasteiger partial charge in [0.2, 0.25) is 15.9 Å². The number of rotatable bonds is 8. The maximum atomic E-state index is 12.5. The number of unbranched alkanes of at least 4 members (excludes halogenated alkanes) is 1. The minimum Gasteiger partial charge on any atom is -0.326 e. The number of halogens is 3. The topological polar surface area (TPSA) is 66.5 Å². The summed E-state index contributed by atoms with van der Waals surface area (Å²) in [4.78, 5) is 11.8. The quantitative estimate of drug-likeness (QED) is 0.769. The lowest BCUT2D eigenvalue weighted by atomic mass is 10.2. The van der Waals surface area contributed by atoms with Crippen LogP contribution in [0.5, 0.6) is 0 Å². The van der Waals surface area contributed by atoms with Crippen LogP contribution in [0.15, 0.2) is 24.3 Å². The number of anilines is 1. The van der Waals surface area contributed by atoms with Crippen LogP contribution in [0.25, 0.3) is 0 Å². The molecular formula is C15H21F3N2O3S. The van der Waals surface area contributed by atoms with Crippen molar-refractivity contribution in [2.45, 2.75) is 32.4 Å². The van der Waals surface area contributed by atoms with Gasteiger partial charge in [-0.25, -0.2) is 12.7 Å². The molecule has 1 aromatic rings. The van der Waals surface area contributed by atoms with Crippen LogP contribution in [0.4, 0.5) is 18.9 Å². The van der Waals surface area contributed by atoms with Gasteiger partial charge < -0.3 is 5.32 Å². The highest BCUT2D eigenvalue weighted by Crippen LogP contribution is 2.29. The normalized spacial score (nSPS) is 12.4. The van der Waals surface area contributed by atoms with Gasteiger partial charge in [-0.2, -0.15) is 13.2 Å². The Kier molecular flexibility index (Phi) is 7.22. The average Bonchev–Trinajstić information content (AvgIpc) is 2.45. The van der Waals surface area contributed by atoms with Crippen molar-refractivity contribution in [3.05, 3.63) is 29.8 Å². The second-order valence-electron chi connectivity index (χ2n) is 5.39. The van der Waals surface area contributed by atoms with Crippen molar-refractivity contribution in [1.82, 2.24) is 4.31 Å². The van der Waals surface area contributed by atoms with Crippen molar-refractivity contribution in [2.75, 3.05) is 24.7 Å². The molecule has 9 heteroatoms. The predicted octanol–water partition coefficient (Wildman–Crippen LogP) is 3.10. The Hall–Kier alpha value is -1.61. The first-order valence-corrected chi connectivity index (χ1v) is 9.31. The van der Waals surface area contributed by atoms with Gasteiger partial charge in [0.05, 0.1) is 11.8 Å². The Bertz CT molecular complexity index is 643. The summed E-state index contributed by atoms with van der Waals surface area (Å²) in [6.07, 6.45) is -1.91. The first-order chi connectivity index (χ1) is 11.0. The number of hydrogen-bond donors (Lipinski definition) is 1. The Morgan fingerprint density at radius 1 is 1.17 bits per heavy atom. The van der Waals surface area contributed by atoms with Gasteiger partial charge in [0, 0.05) is 25.2 Å². The first-order valence-electron chi connectivity index (χ1n) is 7.46. The highest BCUT2D eigenvalue weighted by Gasteiger charge is 2.30. The highest BCUT2D eigenvalue weighted by molar-refractivity contribution is 7.88. The molecule has 0 aliphatic carbocycles. The maximum absolute atomic E-state index is 12.5. The zero-order chi connectivity index (χ0) is 18.4. The van der Waals surface area contributed by atoms with Crippen LogP contribution in [-0.2, 0) is 21.0 Å². The Labute approximate surface area is 139 Å². The number of sulfonamides is 1. The summed E-state index contributed by atoms with van der Waals surface area (Å²) in [6, 6.07) is 4.07. The number of alkyl halides is 3. The lowest BCUT2D eigenvalue weighted by Crippen LogP contribution is -2.33. The minimum absolute atomic E-state index is 0.0330. The van der Waals surface area contributed by atoms with Gasteiger partial charge >= 0.3 is 6.18 Å². The highest BCUT2D eigenvalue weighted by atomic mass is 32.2. The molecule has 0 saturated carbocycles. The second-order valence-corrected chi connectivity index (χ2v) is 7.37. The van der Waals surface area contributed by atoms with E-state index in [0.717, 1.165) is 36.9 Å². The Morgan fingerprint density at radius 3 is 2.21 bits per heavy atom. The monoisotopic (exact) mass is 366 g/mol. The molecule has 136 valence electrons. The summed E-state index contributed by atoms with van der Waals surface area (Å²) < 4.78 is 61.8. The van der Waals surface area contributed by atoms with Crippen LogP contribution in [-0.4, -0.2) is 38.0 Å². The van der Waals surface area contributed by atoms with Crippen LogP contribution in [0, 0.1) is 0 Å². The van der Waals surface area contributed by atoms with Gasteiger partial charge in [0.1, 0.15) is 0 Å². The maximum Gasteiger partial charge on any atom is 0.416 e. The average molecular weight is 366 g/mol. The number of nitrogens with zero attached hydrogens (tertiary/aromatic N) is 1. The number of carbonyl (C=O) groups excluding carboxylic acids is 1. The molecule has 0 radical (unpaired) electrons. The first kappa shape index (κ1) is 20.4.